The summed E-state index contributed by atoms with van der Waals surface area (Å²) in [6.45, 7) is 0.647. The van der Waals surface area contributed by atoms with Gasteiger partial charge in [0, 0.05) is 6.54 Å². The Bertz CT molecular complexity index is 474. The number of hydrogen-bond acceptors (Lipinski definition) is 3. The highest BCUT2D eigenvalue weighted by molar-refractivity contribution is 6.33. The molecule has 0 aliphatic carbocycles. The molecule has 0 saturated carbocycles. The Morgan fingerprint density at radius 2 is 1.88 bits per heavy atom. The van der Waals surface area contributed by atoms with E-state index in [1.165, 1.54) is 6.20 Å². The first kappa shape index (κ1) is 11.2. The number of nitrogens with one attached hydrogen (secondary N) is 1. The summed E-state index contributed by atoms with van der Waals surface area (Å²) in [5.41, 5.74) is 1.15. The van der Waals surface area contributed by atoms with Crippen LogP contribution in [0.25, 0.3) is 0 Å². The molecule has 0 saturated heterocycles. The zero-order chi connectivity index (χ0) is 11.4. The normalized spacial score (nSPS) is 10.1. The molecular weight excluding hydrogens is 245 g/mol. The quantitative estimate of drug-likeness (QED) is 0.853. The SMILES string of the molecule is Clc1ncc(Cl)c(NCc2ccccc2)n1. The fourth-order valence-electron chi connectivity index (χ4n) is 1.25. The molecule has 0 bridgehead atoms. The predicted molar refractivity (Wildman–Crippen MR) is 65.8 cm³/mol. The fourth-order valence-corrected chi connectivity index (χ4v) is 1.54. The van der Waals surface area contributed by atoms with E-state index in [4.69, 9.17) is 23.2 Å². The van der Waals surface area contributed by atoms with Crippen molar-refractivity contribution in [1.82, 2.24) is 9.97 Å². The minimum absolute atomic E-state index is 0.181. The summed E-state index contributed by atoms with van der Waals surface area (Å²) in [6, 6.07) is 9.96. The summed E-state index contributed by atoms with van der Waals surface area (Å²) in [4.78, 5) is 7.78. The highest BCUT2D eigenvalue weighted by atomic mass is 35.5. The van der Waals surface area contributed by atoms with Crippen molar-refractivity contribution in [3.8, 4) is 0 Å². The molecule has 0 atom stereocenters. The van der Waals surface area contributed by atoms with Crippen molar-refractivity contribution >= 4 is 29.0 Å². The van der Waals surface area contributed by atoms with Crippen LogP contribution in [0.3, 0.4) is 0 Å². The molecule has 0 spiro atoms. The molecule has 2 rings (SSSR count). The van der Waals surface area contributed by atoms with Crippen molar-refractivity contribution in [2.24, 2.45) is 0 Å². The number of rotatable bonds is 3. The van der Waals surface area contributed by atoms with E-state index < -0.39 is 0 Å². The smallest absolute Gasteiger partial charge is 0.224 e. The van der Waals surface area contributed by atoms with E-state index in [1.807, 2.05) is 30.3 Å². The van der Waals surface area contributed by atoms with Crippen molar-refractivity contribution in [3.05, 3.63) is 52.4 Å². The lowest BCUT2D eigenvalue weighted by atomic mass is 10.2. The van der Waals surface area contributed by atoms with Gasteiger partial charge >= 0.3 is 0 Å². The Morgan fingerprint density at radius 1 is 1.12 bits per heavy atom. The molecule has 16 heavy (non-hydrogen) atoms. The van der Waals surface area contributed by atoms with E-state index in [0.29, 0.717) is 17.4 Å². The summed E-state index contributed by atoms with van der Waals surface area (Å²) in [6.07, 6.45) is 1.48. The van der Waals surface area contributed by atoms with Gasteiger partial charge in [0.15, 0.2) is 0 Å². The zero-order valence-corrected chi connectivity index (χ0v) is 9.83. The summed E-state index contributed by atoms with van der Waals surface area (Å²) in [7, 11) is 0. The molecule has 0 unspecified atom stereocenters. The number of hydrogen-bond donors (Lipinski definition) is 1. The monoisotopic (exact) mass is 253 g/mol. The summed E-state index contributed by atoms with van der Waals surface area (Å²) < 4.78 is 0. The maximum Gasteiger partial charge on any atom is 0.224 e. The standard InChI is InChI=1S/C11H9Cl2N3/c12-9-7-15-11(13)16-10(9)14-6-8-4-2-1-3-5-8/h1-5,7H,6H2,(H,14,15,16). The molecule has 0 radical (unpaired) electrons. The first-order chi connectivity index (χ1) is 7.75. The highest BCUT2D eigenvalue weighted by Gasteiger charge is 2.03. The molecular formula is C11H9Cl2N3. The van der Waals surface area contributed by atoms with E-state index in [-0.39, 0.29) is 5.28 Å². The molecule has 0 aliphatic heterocycles. The van der Waals surface area contributed by atoms with Crippen molar-refractivity contribution in [2.75, 3.05) is 5.32 Å². The van der Waals surface area contributed by atoms with Crippen LogP contribution in [0, 0.1) is 0 Å². The molecule has 1 aromatic carbocycles. The van der Waals surface area contributed by atoms with Crippen LogP contribution in [0.4, 0.5) is 5.82 Å². The Hall–Kier alpha value is -1.32. The third-order valence-electron chi connectivity index (χ3n) is 2.02. The van der Waals surface area contributed by atoms with Crippen LogP contribution in [0.1, 0.15) is 5.56 Å². The van der Waals surface area contributed by atoms with E-state index in [0.717, 1.165) is 5.56 Å². The van der Waals surface area contributed by atoms with E-state index in [2.05, 4.69) is 15.3 Å². The topological polar surface area (TPSA) is 37.8 Å². The van der Waals surface area contributed by atoms with Crippen LogP contribution in [0.5, 0.6) is 0 Å². The van der Waals surface area contributed by atoms with Crippen molar-refractivity contribution in [1.29, 1.82) is 0 Å². The average Bonchev–Trinajstić information content (AvgIpc) is 2.32. The number of nitrogens with zero attached hydrogens (tertiary/aromatic N) is 2. The fraction of sp³-hybridized carbons (Fsp3) is 0.0909. The van der Waals surface area contributed by atoms with Gasteiger partial charge in [-0.15, -0.1) is 0 Å². The van der Waals surface area contributed by atoms with Gasteiger partial charge < -0.3 is 5.32 Å². The van der Waals surface area contributed by atoms with Crippen LogP contribution in [0.15, 0.2) is 36.5 Å². The number of halogens is 2. The molecule has 82 valence electrons. The number of aromatic nitrogens is 2. The van der Waals surface area contributed by atoms with Gasteiger partial charge in [0.05, 0.1) is 6.20 Å². The van der Waals surface area contributed by atoms with E-state index >= 15 is 0 Å². The largest absolute Gasteiger partial charge is 0.365 e. The van der Waals surface area contributed by atoms with Crippen LogP contribution >= 0.6 is 23.2 Å². The Labute approximate surface area is 103 Å². The van der Waals surface area contributed by atoms with Crippen molar-refractivity contribution in [2.45, 2.75) is 6.54 Å². The molecule has 0 aliphatic rings. The second kappa shape index (κ2) is 5.14. The lowest BCUT2D eigenvalue weighted by Gasteiger charge is -2.06. The molecule has 1 heterocycles. The van der Waals surface area contributed by atoms with Gasteiger partial charge in [-0.25, -0.2) is 4.98 Å². The maximum absolute atomic E-state index is 5.92. The lowest BCUT2D eigenvalue weighted by molar-refractivity contribution is 1.08. The number of benzene rings is 1. The third kappa shape index (κ3) is 2.84. The first-order valence-corrected chi connectivity index (χ1v) is 5.47. The molecule has 0 amide bonds. The first-order valence-electron chi connectivity index (χ1n) is 4.71. The molecule has 5 heteroatoms. The predicted octanol–water partition coefficient (Wildman–Crippen LogP) is 3.40. The van der Waals surface area contributed by atoms with Gasteiger partial charge in [-0.2, -0.15) is 4.98 Å². The number of anilines is 1. The zero-order valence-electron chi connectivity index (χ0n) is 8.32. The molecule has 1 aromatic heterocycles. The Kier molecular flexibility index (Phi) is 3.59. The van der Waals surface area contributed by atoms with Gasteiger partial charge in [0.25, 0.3) is 0 Å². The summed E-state index contributed by atoms with van der Waals surface area (Å²) in [5, 5.41) is 3.74. The van der Waals surface area contributed by atoms with E-state index in [9.17, 15) is 0 Å². The average molecular weight is 254 g/mol. The maximum atomic E-state index is 5.92. The van der Waals surface area contributed by atoms with Gasteiger partial charge in [-0.05, 0) is 17.2 Å². The third-order valence-corrected chi connectivity index (χ3v) is 2.48. The molecule has 3 nitrogen and oxygen atoms in total. The van der Waals surface area contributed by atoms with Crippen LogP contribution < -0.4 is 5.32 Å². The molecule has 2 aromatic rings. The summed E-state index contributed by atoms with van der Waals surface area (Å²) in [5.74, 6) is 0.547. The van der Waals surface area contributed by atoms with Crippen LogP contribution in [0.2, 0.25) is 10.3 Å². The second-order valence-corrected chi connectivity index (χ2v) is 3.92. The molecule has 0 fully saturated rings. The Morgan fingerprint density at radius 3 is 2.62 bits per heavy atom. The van der Waals surface area contributed by atoms with Crippen molar-refractivity contribution < 1.29 is 0 Å². The second-order valence-electron chi connectivity index (χ2n) is 3.17. The van der Waals surface area contributed by atoms with Gasteiger partial charge in [0.1, 0.15) is 10.8 Å². The van der Waals surface area contributed by atoms with Gasteiger partial charge in [-0.3, -0.25) is 0 Å². The van der Waals surface area contributed by atoms with Crippen LogP contribution in [-0.4, -0.2) is 9.97 Å². The van der Waals surface area contributed by atoms with Crippen LogP contribution in [-0.2, 0) is 6.54 Å². The van der Waals surface area contributed by atoms with Gasteiger partial charge in [0.2, 0.25) is 5.28 Å². The lowest BCUT2D eigenvalue weighted by Crippen LogP contribution is -2.02. The minimum atomic E-state index is 0.181. The minimum Gasteiger partial charge on any atom is -0.365 e. The highest BCUT2D eigenvalue weighted by Crippen LogP contribution is 2.19. The van der Waals surface area contributed by atoms with Crippen molar-refractivity contribution in [3.63, 3.8) is 0 Å². The Balaban J connectivity index is 2.08. The van der Waals surface area contributed by atoms with Gasteiger partial charge in [-0.1, -0.05) is 41.9 Å². The van der Waals surface area contributed by atoms with E-state index in [1.54, 1.807) is 0 Å². The summed E-state index contributed by atoms with van der Waals surface area (Å²) >= 11 is 11.6. The molecule has 1 N–H and O–H groups in total.